The van der Waals surface area contributed by atoms with Crippen molar-refractivity contribution < 1.29 is 9.53 Å². The van der Waals surface area contributed by atoms with E-state index in [9.17, 15) is 4.79 Å². The summed E-state index contributed by atoms with van der Waals surface area (Å²) >= 11 is 5.93. The molecule has 0 spiro atoms. The number of aromatic amines is 1. The molecule has 0 aliphatic carbocycles. The third kappa shape index (κ3) is 2.95. The Labute approximate surface area is 147 Å². The van der Waals surface area contributed by atoms with Gasteiger partial charge in [-0.05, 0) is 42.5 Å². The van der Waals surface area contributed by atoms with Gasteiger partial charge in [-0.1, -0.05) is 17.7 Å². The van der Waals surface area contributed by atoms with Crippen molar-refractivity contribution in [3.05, 3.63) is 65.9 Å². The maximum atomic E-state index is 11.0. The minimum Gasteiger partial charge on any atom is -0.408 e. The van der Waals surface area contributed by atoms with Gasteiger partial charge in [-0.25, -0.2) is 9.78 Å². The van der Waals surface area contributed by atoms with Crippen molar-refractivity contribution in [1.82, 2.24) is 14.5 Å². The number of para-hydroxylation sites is 1. The molecule has 0 unspecified atom stereocenters. The Hall–Kier alpha value is -3.25. The van der Waals surface area contributed by atoms with Crippen molar-refractivity contribution >= 4 is 28.7 Å². The molecule has 7 heteroatoms. The summed E-state index contributed by atoms with van der Waals surface area (Å²) in [5, 5.41) is 0.690. The number of H-pyrrole nitrogens is 1. The van der Waals surface area contributed by atoms with E-state index in [0.717, 1.165) is 16.8 Å². The lowest BCUT2D eigenvalue weighted by Gasteiger charge is -2.01. The Morgan fingerprint density at radius 3 is 2.72 bits per heavy atom. The van der Waals surface area contributed by atoms with Crippen LogP contribution >= 0.6 is 11.6 Å². The molecule has 0 radical (unpaired) electrons. The molecule has 4 aromatic rings. The number of carbonyl (C=O) groups is 1. The molecule has 0 aliphatic rings. The van der Waals surface area contributed by atoms with E-state index in [1.165, 1.54) is 0 Å². The van der Waals surface area contributed by atoms with Crippen molar-refractivity contribution in [2.24, 2.45) is 5.73 Å². The van der Waals surface area contributed by atoms with Crippen molar-refractivity contribution in [2.75, 3.05) is 0 Å². The average Bonchev–Trinajstić information content (AvgIpc) is 3.22. The van der Waals surface area contributed by atoms with E-state index in [2.05, 4.69) is 9.97 Å². The van der Waals surface area contributed by atoms with Gasteiger partial charge in [0, 0.05) is 28.7 Å². The number of benzene rings is 2. The number of rotatable bonds is 3. The number of hydrogen-bond donors (Lipinski definition) is 2. The van der Waals surface area contributed by atoms with Crippen LogP contribution < -0.4 is 10.5 Å². The predicted octanol–water partition coefficient (Wildman–Crippen LogP) is 4.13. The number of hydrogen-bond acceptors (Lipinski definition) is 3. The normalized spacial score (nSPS) is 10.9. The molecule has 6 nitrogen and oxygen atoms in total. The Bertz CT molecular complexity index is 1070. The summed E-state index contributed by atoms with van der Waals surface area (Å²) in [5.41, 5.74) is 8.30. The van der Waals surface area contributed by atoms with E-state index in [4.69, 9.17) is 22.1 Å². The summed E-state index contributed by atoms with van der Waals surface area (Å²) in [4.78, 5) is 18.8. The molecule has 0 saturated heterocycles. The lowest BCUT2D eigenvalue weighted by molar-refractivity contribution is 0.211. The summed E-state index contributed by atoms with van der Waals surface area (Å²) in [6.45, 7) is 0. The highest BCUT2D eigenvalue weighted by molar-refractivity contribution is 6.30. The van der Waals surface area contributed by atoms with Gasteiger partial charge in [0.1, 0.15) is 11.3 Å². The molecule has 25 heavy (non-hydrogen) atoms. The Morgan fingerprint density at radius 1 is 1.16 bits per heavy atom. The fourth-order valence-electron chi connectivity index (χ4n) is 2.64. The standard InChI is InChI=1S/C18H13ClN4O2/c19-12-4-6-13(7-5-12)23-9-8-11(10-23)17-21-14-2-1-3-15(16(14)22-17)25-18(20)24/h1-10H,(H2,20,24)(H,21,22). The molecule has 124 valence electrons. The second-order valence-corrected chi connectivity index (χ2v) is 5.88. The minimum atomic E-state index is -0.869. The second-order valence-electron chi connectivity index (χ2n) is 5.44. The molecular weight excluding hydrogens is 340 g/mol. The molecule has 0 aliphatic heterocycles. The van der Waals surface area contributed by atoms with Crippen LogP contribution in [-0.2, 0) is 0 Å². The van der Waals surface area contributed by atoms with Gasteiger partial charge >= 0.3 is 6.09 Å². The number of imidazole rings is 1. The summed E-state index contributed by atoms with van der Waals surface area (Å²) in [6.07, 6.45) is 3.02. The third-order valence-electron chi connectivity index (χ3n) is 3.78. The smallest absolute Gasteiger partial charge is 0.408 e. The van der Waals surface area contributed by atoms with Crippen molar-refractivity contribution in [3.63, 3.8) is 0 Å². The first kappa shape index (κ1) is 15.3. The van der Waals surface area contributed by atoms with Gasteiger partial charge in [-0.15, -0.1) is 0 Å². The highest BCUT2D eigenvalue weighted by Gasteiger charge is 2.12. The first-order chi connectivity index (χ1) is 12.1. The number of carbonyl (C=O) groups excluding carboxylic acids is 1. The van der Waals surface area contributed by atoms with Gasteiger partial charge in [-0.2, -0.15) is 0 Å². The number of halogens is 1. The first-order valence-electron chi connectivity index (χ1n) is 7.50. The van der Waals surface area contributed by atoms with E-state index >= 15 is 0 Å². The van der Waals surface area contributed by atoms with E-state index in [0.29, 0.717) is 22.1 Å². The van der Waals surface area contributed by atoms with E-state index in [-0.39, 0.29) is 0 Å². The zero-order valence-corrected chi connectivity index (χ0v) is 13.7. The van der Waals surface area contributed by atoms with Crippen molar-refractivity contribution in [1.29, 1.82) is 0 Å². The van der Waals surface area contributed by atoms with Gasteiger partial charge in [0.25, 0.3) is 0 Å². The lowest BCUT2D eigenvalue weighted by atomic mass is 10.3. The minimum absolute atomic E-state index is 0.324. The van der Waals surface area contributed by atoms with Crippen molar-refractivity contribution in [2.45, 2.75) is 0 Å². The molecule has 4 rings (SSSR count). The fourth-order valence-corrected chi connectivity index (χ4v) is 2.77. The molecule has 0 saturated carbocycles. The number of primary amides is 1. The van der Waals surface area contributed by atoms with Crippen LogP contribution in [0.2, 0.25) is 5.02 Å². The van der Waals surface area contributed by atoms with Crippen LogP contribution in [0.4, 0.5) is 4.79 Å². The van der Waals surface area contributed by atoms with E-state index < -0.39 is 6.09 Å². The predicted molar refractivity (Wildman–Crippen MR) is 96.1 cm³/mol. The number of nitrogens with one attached hydrogen (secondary N) is 1. The Balaban J connectivity index is 1.73. The second kappa shape index (κ2) is 5.99. The lowest BCUT2D eigenvalue weighted by Crippen LogP contribution is -2.16. The van der Waals surface area contributed by atoms with Gasteiger partial charge in [-0.3, -0.25) is 0 Å². The van der Waals surface area contributed by atoms with Crippen molar-refractivity contribution in [3.8, 4) is 22.8 Å². The molecular formula is C18H13ClN4O2. The van der Waals surface area contributed by atoms with Gasteiger partial charge < -0.3 is 20.0 Å². The first-order valence-corrected chi connectivity index (χ1v) is 7.88. The van der Waals surface area contributed by atoms with Crippen LogP contribution in [0, 0.1) is 0 Å². The summed E-state index contributed by atoms with van der Waals surface area (Å²) in [6, 6.07) is 14.8. The quantitative estimate of drug-likeness (QED) is 0.581. The van der Waals surface area contributed by atoms with Crippen LogP contribution in [0.5, 0.6) is 5.75 Å². The third-order valence-corrected chi connectivity index (χ3v) is 4.03. The van der Waals surface area contributed by atoms with Crippen LogP contribution in [-0.4, -0.2) is 20.6 Å². The average molecular weight is 353 g/mol. The monoisotopic (exact) mass is 352 g/mol. The zero-order valence-electron chi connectivity index (χ0n) is 12.9. The topological polar surface area (TPSA) is 85.9 Å². The SMILES string of the molecule is NC(=O)Oc1cccc2[nH]c(-c3ccn(-c4ccc(Cl)cc4)c3)nc12. The maximum absolute atomic E-state index is 11.0. The number of ether oxygens (including phenoxy) is 1. The largest absolute Gasteiger partial charge is 0.410 e. The highest BCUT2D eigenvalue weighted by atomic mass is 35.5. The highest BCUT2D eigenvalue weighted by Crippen LogP contribution is 2.28. The van der Waals surface area contributed by atoms with Gasteiger partial charge in [0.15, 0.2) is 5.75 Å². The molecule has 1 amide bonds. The molecule has 0 atom stereocenters. The Kier molecular flexibility index (Phi) is 3.66. The molecule has 2 aromatic heterocycles. The Morgan fingerprint density at radius 2 is 1.96 bits per heavy atom. The summed E-state index contributed by atoms with van der Waals surface area (Å²) in [5.74, 6) is 0.993. The van der Waals surface area contributed by atoms with E-state index in [1.54, 1.807) is 12.1 Å². The number of nitrogens with two attached hydrogens (primary N) is 1. The molecule has 0 fully saturated rings. The summed E-state index contributed by atoms with van der Waals surface area (Å²) < 4.78 is 6.97. The number of amides is 1. The van der Waals surface area contributed by atoms with Crippen LogP contribution in [0.25, 0.3) is 28.1 Å². The van der Waals surface area contributed by atoms with Crippen LogP contribution in [0.1, 0.15) is 0 Å². The van der Waals surface area contributed by atoms with E-state index in [1.807, 2.05) is 53.4 Å². The number of fused-ring (bicyclic) bond motifs is 1. The molecule has 3 N–H and O–H groups in total. The maximum Gasteiger partial charge on any atom is 0.410 e. The molecule has 0 bridgehead atoms. The van der Waals surface area contributed by atoms with Crippen LogP contribution in [0.3, 0.4) is 0 Å². The molecule has 2 aromatic carbocycles. The van der Waals surface area contributed by atoms with Gasteiger partial charge in [0.2, 0.25) is 0 Å². The number of aromatic nitrogens is 3. The fraction of sp³-hybridized carbons (Fsp3) is 0. The number of nitrogens with zero attached hydrogens (tertiary/aromatic N) is 2. The molecule has 2 heterocycles. The van der Waals surface area contributed by atoms with Gasteiger partial charge in [0.05, 0.1) is 5.52 Å². The zero-order chi connectivity index (χ0) is 17.4. The van der Waals surface area contributed by atoms with Crippen LogP contribution in [0.15, 0.2) is 60.9 Å². The summed E-state index contributed by atoms with van der Waals surface area (Å²) in [7, 11) is 0.